The Balaban J connectivity index is 1.29. The second-order valence-electron chi connectivity index (χ2n) is 11.3. The normalized spacial score (nSPS) is 13.3. The molecule has 6 aromatic rings. The van der Waals surface area contributed by atoms with Crippen molar-refractivity contribution < 1.29 is 4.74 Å². The van der Waals surface area contributed by atoms with Crippen LogP contribution in [-0.2, 0) is 5.41 Å². The highest BCUT2D eigenvalue weighted by Gasteiger charge is 2.24. The molecule has 0 atom stereocenters. The van der Waals surface area contributed by atoms with Crippen LogP contribution in [0.2, 0.25) is 0 Å². The number of ether oxygens (including phenoxy) is 1. The summed E-state index contributed by atoms with van der Waals surface area (Å²) in [5.41, 5.74) is 6.67. The van der Waals surface area contributed by atoms with E-state index in [2.05, 4.69) is 113 Å². The van der Waals surface area contributed by atoms with Crippen LogP contribution in [0.4, 0.5) is 17.1 Å². The molecule has 0 spiro atoms. The zero-order valence-corrected chi connectivity index (χ0v) is 23.0. The Morgan fingerprint density at radius 2 is 1.48 bits per heavy atom. The molecule has 0 saturated carbocycles. The minimum Gasteiger partial charge on any atom is -0.421 e. The molecule has 7 rings (SSSR count). The number of benzene rings is 2. The van der Waals surface area contributed by atoms with E-state index in [-0.39, 0.29) is 5.41 Å². The average molecular weight is 527 g/mol. The number of nitrogens with zero attached hydrogens (tertiary/aromatic N) is 6. The summed E-state index contributed by atoms with van der Waals surface area (Å²) < 4.78 is 8.46. The zero-order chi connectivity index (χ0) is 27.4. The summed E-state index contributed by atoms with van der Waals surface area (Å²) in [4.78, 5) is 18.4. The maximum atomic E-state index is 6.27. The number of hydrogen-bond donors (Lipinski definition) is 0. The van der Waals surface area contributed by atoms with E-state index in [4.69, 9.17) is 9.72 Å². The van der Waals surface area contributed by atoms with Gasteiger partial charge >= 0.3 is 0 Å². The molecular weight excluding hydrogens is 496 g/mol. The van der Waals surface area contributed by atoms with Gasteiger partial charge in [-0.05, 0) is 47.4 Å². The van der Waals surface area contributed by atoms with Crippen LogP contribution in [0.15, 0.2) is 97.5 Å². The van der Waals surface area contributed by atoms with Crippen molar-refractivity contribution in [2.75, 3.05) is 23.5 Å². The number of para-hydroxylation sites is 3. The van der Waals surface area contributed by atoms with Gasteiger partial charge in [-0.15, -0.1) is 0 Å². The van der Waals surface area contributed by atoms with E-state index in [0.29, 0.717) is 11.8 Å². The van der Waals surface area contributed by atoms with Crippen molar-refractivity contribution in [1.29, 1.82) is 0 Å². The highest BCUT2D eigenvalue weighted by atomic mass is 16.5. The van der Waals surface area contributed by atoms with Gasteiger partial charge in [0.1, 0.15) is 5.82 Å². The van der Waals surface area contributed by atoms with Crippen molar-refractivity contribution in [2.24, 2.45) is 0 Å². The Morgan fingerprint density at radius 1 is 0.725 bits per heavy atom. The molecule has 5 heterocycles. The highest BCUT2D eigenvalue weighted by Crippen LogP contribution is 2.40. The monoisotopic (exact) mass is 526 g/mol. The third-order valence-corrected chi connectivity index (χ3v) is 7.55. The van der Waals surface area contributed by atoms with Gasteiger partial charge in [-0.1, -0.05) is 51.1 Å². The quantitative estimate of drug-likeness (QED) is 0.236. The molecule has 40 heavy (non-hydrogen) atoms. The van der Waals surface area contributed by atoms with Gasteiger partial charge in [-0.2, -0.15) is 0 Å². The third-order valence-electron chi connectivity index (χ3n) is 7.55. The van der Waals surface area contributed by atoms with Gasteiger partial charge in [0.2, 0.25) is 11.8 Å². The number of aromatic nitrogens is 4. The number of rotatable bonds is 4. The van der Waals surface area contributed by atoms with Gasteiger partial charge in [-0.25, -0.2) is 15.0 Å². The summed E-state index contributed by atoms with van der Waals surface area (Å²) in [5, 5.41) is 2.17. The summed E-state index contributed by atoms with van der Waals surface area (Å²) in [5.74, 6) is 1.84. The minimum absolute atomic E-state index is 0.00756. The average Bonchev–Trinajstić information content (AvgIpc) is 3.47. The first-order chi connectivity index (χ1) is 19.4. The number of hydrogen-bond acceptors (Lipinski definition) is 6. The van der Waals surface area contributed by atoms with Crippen molar-refractivity contribution in [3.05, 3.63) is 103 Å². The standard InChI is InChI=1S/C33H30N6O/c1-33(2,3)22-13-15-34-30(17-22)39-26-10-6-5-9-24(26)25-20-36-32(19-29(25)39)40-31-18-23(14-16-35-31)38-21-37(4)27-11-7-8-12-28(27)38/h5-20H,21H2,1-4H3. The van der Waals surface area contributed by atoms with Gasteiger partial charge in [-0.3, -0.25) is 4.57 Å². The largest absolute Gasteiger partial charge is 0.421 e. The van der Waals surface area contributed by atoms with Crippen molar-refractivity contribution in [2.45, 2.75) is 26.2 Å². The highest BCUT2D eigenvalue weighted by molar-refractivity contribution is 6.09. The van der Waals surface area contributed by atoms with E-state index >= 15 is 0 Å². The second-order valence-corrected chi connectivity index (χ2v) is 11.3. The number of anilines is 3. The van der Waals surface area contributed by atoms with Crippen LogP contribution in [0.5, 0.6) is 11.8 Å². The lowest BCUT2D eigenvalue weighted by molar-refractivity contribution is 0.445. The Labute approximate surface area is 233 Å². The van der Waals surface area contributed by atoms with Gasteiger partial charge in [0.25, 0.3) is 0 Å². The van der Waals surface area contributed by atoms with Crippen molar-refractivity contribution in [3.63, 3.8) is 0 Å². The first-order valence-corrected chi connectivity index (χ1v) is 13.4. The first-order valence-electron chi connectivity index (χ1n) is 13.4. The Hall–Kier alpha value is -4.91. The Morgan fingerprint density at radius 3 is 2.33 bits per heavy atom. The molecule has 0 unspecified atom stereocenters. The van der Waals surface area contributed by atoms with Gasteiger partial charge in [0, 0.05) is 54.2 Å². The molecule has 0 bridgehead atoms. The smallest absolute Gasteiger partial charge is 0.223 e. The van der Waals surface area contributed by atoms with Crippen molar-refractivity contribution >= 4 is 38.9 Å². The lowest BCUT2D eigenvalue weighted by atomic mass is 9.88. The predicted molar refractivity (Wildman–Crippen MR) is 161 cm³/mol. The number of fused-ring (bicyclic) bond motifs is 4. The number of pyridine rings is 3. The van der Waals surface area contributed by atoms with Crippen molar-refractivity contribution in [3.8, 4) is 17.6 Å². The molecule has 0 amide bonds. The van der Waals surface area contributed by atoms with E-state index < -0.39 is 0 Å². The predicted octanol–water partition coefficient (Wildman–Crippen LogP) is 7.60. The third kappa shape index (κ3) is 4.02. The van der Waals surface area contributed by atoms with Crippen LogP contribution in [0.3, 0.4) is 0 Å². The van der Waals surface area contributed by atoms with E-state index in [1.165, 1.54) is 11.3 Å². The zero-order valence-electron chi connectivity index (χ0n) is 23.0. The molecule has 0 aliphatic carbocycles. The lowest BCUT2D eigenvalue weighted by Crippen LogP contribution is -2.23. The van der Waals surface area contributed by atoms with Crippen LogP contribution in [0.25, 0.3) is 27.6 Å². The van der Waals surface area contributed by atoms with Crippen LogP contribution in [0, 0.1) is 0 Å². The summed E-state index contributed by atoms with van der Waals surface area (Å²) in [6.07, 6.45) is 5.55. The van der Waals surface area contributed by atoms with Gasteiger partial charge in [0.05, 0.1) is 29.1 Å². The molecule has 1 aliphatic heterocycles. The lowest BCUT2D eigenvalue weighted by Gasteiger charge is -2.20. The van der Waals surface area contributed by atoms with E-state index in [0.717, 1.165) is 45.7 Å². The fraction of sp³-hybridized carbons (Fsp3) is 0.182. The molecule has 7 heteroatoms. The molecule has 4 aromatic heterocycles. The molecule has 0 radical (unpaired) electrons. The SMILES string of the molecule is CN1CN(c2ccnc(Oc3cc4c(cn3)c3ccccc3n4-c3cc(C(C)(C)C)ccn3)c2)c2ccccc21. The van der Waals surface area contributed by atoms with Crippen LogP contribution >= 0.6 is 0 Å². The fourth-order valence-corrected chi connectivity index (χ4v) is 5.49. The Kier molecular flexibility index (Phi) is 5.49. The Bertz CT molecular complexity index is 1890. The molecule has 7 nitrogen and oxygen atoms in total. The maximum Gasteiger partial charge on any atom is 0.223 e. The molecule has 2 aromatic carbocycles. The molecule has 0 saturated heterocycles. The maximum absolute atomic E-state index is 6.27. The van der Waals surface area contributed by atoms with Gasteiger partial charge in [0.15, 0.2) is 0 Å². The van der Waals surface area contributed by atoms with Crippen molar-refractivity contribution in [1.82, 2.24) is 19.5 Å². The van der Waals surface area contributed by atoms with E-state index in [1.54, 1.807) is 6.20 Å². The van der Waals surface area contributed by atoms with Crippen LogP contribution in [-0.4, -0.2) is 33.2 Å². The van der Waals surface area contributed by atoms with Crippen LogP contribution in [0.1, 0.15) is 26.3 Å². The molecule has 1 aliphatic rings. The summed E-state index contributed by atoms with van der Waals surface area (Å²) in [6.45, 7) is 7.41. The molecule has 0 fully saturated rings. The van der Waals surface area contributed by atoms with E-state index in [1.807, 2.05) is 30.6 Å². The minimum atomic E-state index is 0.00756. The second kappa shape index (κ2) is 9.09. The summed E-state index contributed by atoms with van der Waals surface area (Å²) in [6, 6.07) is 27.0. The van der Waals surface area contributed by atoms with E-state index in [9.17, 15) is 0 Å². The summed E-state index contributed by atoms with van der Waals surface area (Å²) >= 11 is 0. The van der Waals surface area contributed by atoms with Gasteiger partial charge < -0.3 is 14.5 Å². The topological polar surface area (TPSA) is 59.3 Å². The molecule has 198 valence electrons. The van der Waals surface area contributed by atoms with Crippen LogP contribution < -0.4 is 14.5 Å². The first kappa shape index (κ1) is 24.2. The summed E-state index contributed by atoms with van der Waals surface area (Å²) in [7, 11) is 2.10. The molecule has 0 N–H and O–H groups in total. The fourth-order valence-electron chi connectivity index (χ4n) is 5.49. The molecular formula is C33H30N6O.